The lowest BCUT2D eigenvalue weighted by Gasteiger charge is -2.27. The van der Waals surface area contributed by atoms with Crippen molar-refractivity contribution in [1.29, 1.82) is 0 Å². The minimum Gasteiger partial charge on any atom is -0.393 e. The first-order chi connectivity index (χ1) is 16.7. The number of aliphatic hydroxyl groups excluding tert-OH is 1. The second kappa shape index (κ2) is 12.2. The molecule has 2 aromatic heterocycles. The van der Waals surface area contributed by atoms with Crippen molar-refractivity contribution in [2.75, 3.05) is 38.0 Å². The lowest BCUT2D eigenvalue weighted by Crippen LogP contribution is -2.42. The number of anilines is 1. The van der Waals surface area contributed by atoms with E-state index in [0.717, 1.165) is 88.8 Å². The predicted molar refractivity (Wildman–Crippen MR) is 145 cm³/mol. The van der Waals surface area contributed by atoms with Gasteiger partial charge in [-0.2, -0.15) is 4.98 Å². The van der Waals surface area contributed by atoms with Crippen LogP contribution in [0.3, 0.4) is 0 Å². The van der Waals surface area contributed by atoms with Gasteiger partial charge in [0, 0.05) is 68.7 Å². The van der Waals surface area contributed by atoms with Gasteiger partial charge >= 0.3 is 0 Å². The molecule has 1 aromatic carbocycles. The Bertz CT molecular complexity index is 1070. The van der Waals surface area contributed by atoms with E-state index in [-0.39, 0.29) is 18.5 Å². The summed E-state index contributed by atoms with van der Waals surface area (Å²) >= 11 is 0. The highest BCUT2D eigenvalue weighted by Crippen LogP contribution is 2.36. The third-order valence-corrected chi connectivity index (χ3v) is 7.33. The lowest BCUT2D eigenvalue weighted by molar-refractivity contribution is 0.111. The van der Waals surface area contributed by atoms with Gasteiger partial charge in [-0.15, -0.1) is 12.4 Å². The quantitative estimate of drug-likeness (QED) is 0.393. The number of nitrogens with one attached hydrogen (secondary N) is 2. The molecule has 3 N–H and O–H groups in total. The van der Waals surface area contributed by atoms with Crippen molar-refractivity contribution in [1.82, 2.24) is 24.8 Å². The summed E-state index contributed by atoms with van der Waals surface area (Å²) in [5.41, 5.74) is 4.75. The van der Waals surface area contributed by atoms with Gasteiger partial charge in [-0.25, -0.2) is 4.98 Å². The fraction of sp³-hybridized carbons (Fsp3) is 0.556. The molecule has 35 heavy (non-hydrogen) atoms. The van der Waals surface area contributed by atoms with Gasteiger partial charge in [0.05, 0.1) is 6.10 Å². The number of hydrogen-bond acceptors (Lipinski definition) is 6. The molecule has 2 fully saturated rings. The summed E-state index contributed by atoms with van der Waals surface area (Å²) in [6.07, 6.45) is 10.0. The van der Waals surface area contributed by atoms with Crippen molar-refractivity contribution in [3.05, 3.63) is 42.2 Å². The van der Waals surface area contributed by atoms with Gasteiger partial charge in [-0.05, 0) is 43.2 Å². The minimum absolute atomic E-state index is 0. The number of piperazine rings is 1. The Balaban J connectivity index is 0.00000289. The lowest BCUT2D eigenvalue weighted by atomic mass is 9.93. The number of aromatic nitrogens is 3. The van der Waals surface area contributed by atoms with E-state index in [1.165, 1.54) is 16.7 Å². The van der Waals surface area contributed by atoms with Crippen molar-refractivity contribution in [3.8, 4) is 11.1 Å². The van der Waals surface area contributed by atoms with E-state index in [2.05, 4.69) is 62.5 Å². The number of unbranched alkanes of at least 4 members (excludes halogenated alkanes) is 1. The number of rotatable bonds is 8. The van der Waals surface area contributed by atoms with Crippen LogP contribution in [0.2, 0.25) is 0 Å². The Morgan fingerprint density at radius 1 is 1.09 bits per heavy atom. The van der Waals surface area contributed by atoms with E-state index < -0.39 is 0 Å². The molecular formula is C27H39ClN6O. The van der Waals surface area contributed by atoms with Crippen LogP contribution in [0.4, 0.5) is 5.95 Å². The average molecular weight is 499 g/mol. The molecule has 190 valence electrons. The molecule has 0 unspecified atom stereocenters. The average Bonchev–Trinajstić information content (AvgIpc) is 3.25. The maximum Gasteiger partial charge on any atom is 0.224 e. The van der Waals surface area contributed by atoms with E-state index in [1.54, 1.807) is 0 Å². The fourth-order valence-electron chi connectivity index (χ4n) is 5.25. The number of fused-ring (bicyclic) bond motifs is 1. The van der Waals surface area contributed by atoms with Crippen LogP contribution in [-0.4, -0.2) is 63.4 Å². The highest BCUT2D eigenvalue weighted by molar-refractivity contribution is 5.94. The summed E-state index contributed by atoms with van der Waals surface area (Å²) in [6, 6.07) is 9.38. The highest BCUT2D eigenvalue weighted by Gasteiger charge is 2.24. The molecule has 5 rings (SSSR count). The van der Waals surface area contributed by atoms with Crippen molar-refractivity contribution >= 4 is 29.4 Å². The van der Waals surface area contributed by atoms with Gasteiger partial charge in [-0.3, -0.25) is 4.90 Å². The molecule has 0 bridgehead atoms. The standard InChI is InChI=1S/C27H38N6O.ClH/c1-2-3-12-29-27-30-17-24-25(19-33(26(24)31-27)22-8-10-23(34)11-9-22)21-6-4-20(5-7-21)18-32-15-13-28-14-16-32;/h4-7,17,19,22-23,28,34H,2-3,8-16,18H2,1H3,(H,29,30,31);1H. The number of nitrogens with zero attached hydrogens (tertiary/aromatic N) is 4. The Kier molecular flexibility index (Phi) is 9.00. The second-order valence-corrected chi connectivity index (χ2v) is 9.85. The number of aliphatic hydroxyl groups is 1. The van der Waals surface area contributed by atoms with Crippen LogP contribution >= 0.6 is 12.4 Å². The minimum atomic E-state index is -0.165. The molecule has 1 saturated heterocycles. The highest BCUT2D eigenvalue weighted by atomic mass is 35.5. The molecule has 0 atom stereocenters. The molecule has 0 amide bonds. The maximum atomic E-state index is 10.0. The molecule has 1 saturated carbocycles. The largest absolute Gasteiger partial charge is 0.393 e. The SMILES string of the molecule is CCCCNc1ncc2c(-c3ccc(CN4CCNCC4)cc3)cn(C3CCC(O)CC3)c2n1.Cl. The molecule has 0 radical (unpaired) electrons. The van der Waals surface area contributed by atoms with Crippen molar-refractivity contribution in [2.24, 2.45) is 0 Å². The Labute approximate surface area is 214 Å². The van der Waals surface area contributed by atoms with Gasteiger partial charge in [0.1, 0.15) is 5.65 Å². The zero-order valence-corrected chi connectivity index (χ0v) is 21.6. The summed E-state index contributed by atoms with van der Waals surface area (Å²) in [5.74, 6) is 0.703. The molecule has 8 heteroatoms. The molecule has 1 aliphatic carbocycles. The molecule has 1 aliphatic heterocycles. The van der Waals surface area contributed by atoms with Gasteiger partial charge in [0.2, 0.25) is 5.95 Å². The van der Waals surface area contributed by atoms with Crippen molar-refractivity contribution in [2.45, 2.75) is 64.1 Å². The number of halogens is 1. The molecule has 2 aliphatic rings. The summed E-state index contributed by atoms with van der Waals surface area (Å²) in [4.78, 5) is 12.1. The van der Waals surface area contributed by atoms with Crippen LogP contribution in [0, 0.1) is 0 Å². The van der Waals surface area contributed by atoms with E-state index in [1.807, 2.05) is 6.20 Å². The van der Waals surface area contributed by atoms with Crippen LogP contribution in [0.5, 0.6) is 0 Å². The first-order valence-electron chi connectivity index (χ1n) is 13.0. The van der Waals surface area contributed by atoms with Gasteiger partial charge in [0.25, 0.3) is 0 Å². The van der Waals surface area contributed by atoms with Crippen LogP contribution in [0.1, 0.15) is 57.1 Å². The first kappa shape index (κ1) is 25.9. The van der Waals surface area contributed by atoms with E-state index in [0.29, 0.717) is 12.0 Å². The van der Waals surface area contributed by atoms with E-state index in [9.17, 15) is 5.11 Å². The normalized spacial score (nSPS) is 21.1. The first-order valence-corrected chi connectivity index (χ1v) is 13.0. The summed E-state index contributed by atoms with van der Waals surface area (Å²) in [7, 11) is 0. The smallest absolute Gasteiger partial charge is 0.224 e. The predicted octanol–water partition coefficient (Wildman–Crippen LogP) is 4.61. The van der Waals surface area contributed by atoms with Crippen LogP contribution in [-0.2, 0) is 6.54 Å². The van der Waals surface area contributed by atoms with Gasteiger partial charge in [0.15, 0.2) is 0 Å². The molecule has 3 aromatic rings. The van der Waals surface area contributed by atoms with Crippen LogP contribution in [0.15, 0.2) is 36.7 Å². The molecular weight excluding hydrogens is 460 g/mol. The summed E-state index contributed by atoms with van der Waals surface area (Å²) in [5, 5.41) is 17.9. The number of hydrogen-bond donors (Lipinski definition) is 3. The third-order valence-electron chi connectivity index (χ3n) is 7.33. The monoisotopic (exact) mass is 498 g/mol. The summed E-state index contributed by atoms with van der Waals surface area (Å²) < 4.78 is 2.35. The number of benzene rings is 1. The van der Waals surface area contributed by atoms with E-state index >= 15 is 0 Å². The summed E-state index contributed by atoms with van der Waals surface area (Å²) in [6.45, 7) is 8.45. The van der Waals surface area contributed by atoms with Crippen LogP contribution < -0.4 is 10.6 Å². The maximum absolute atomic E-state index is 10.0. The molecule has 7 nitrogen and oxygen atoms in total. The zero-order chi connectivity index (χ0) is 23.3. The van der Waals surface area contributed by atoms with Crippen molar-refractivity contribution in [3.63, 3.8) is 0 Å². The Morgan fingerprint density at radius 2 is 1.83 bits per heavy atom. The van der Waals surface area contributed by atoms with Gasteiger partial charge in [-0.1, -0.05) is 37.6 Å². The Morgan fingerprint density at radius 3 is 2.54 bits per heavy atom. The Hall–Kier alpha value is -2.19. The second-order valence-electron chi connectivity index (χ2n) is 9.85. The van der Waals surface area contributed by atoms with Crippen LogP contribution in [0.25, 0.3) is 22.2 Å². The van der Waals surface area contributed by atoms with Gasteiger partial charge < -0.3 is 20.3 Å². The van der Waals surface area contributed by atoms with E-state index in [4.69, 9.17) is 4.98 Å². The van der Waals surface area contributed by atoms with Crippen molar-refractivity contribution < 1.29 is 5.11 Å². The molecule has 3 heterocycles. The topological polar surface area (TPSA) is 78.2 Å². The molecule has 0 spiro atoms. The third kappa shape index (κ3) is 6.15. The zero-order valence-electron chi connectivity index (χ0n) is 20.7. The fourth-order valence-corrected chi connectivity index (χ4v) is 5.25.